The van der Waals surface area contributed by atoms with Crippen LogP contribution >= 0.6 is 11.5 Å². The summed E-state index contributed by atoms with van der Waals surface area (Å²) in [5, 5.41) is 7.00. The van der Waals surface area contributed by atoms with E-state index in [0.717, 1.165) is 23.5 Å². The quantitative estimate of drug-likeness (QED) is 0.617. The largest absolute Gasteiger partial charge is 0.367 e. The van der Waals surface area contributed by atoms with Crippen LogP contribution in [0.1, 0.15) is 28.9 Å². The Labute approximate surface area is 160 Å². The fourth-order valence-electron chi connectivity index (χ4n) is 2.96. The molecule has 1 aliphatic heterocycles. The second-order valence-corrected chi connectivity index (χ2v) is 7.00. The van der Waals surface area contributed by atoms with Crippen molar-refractivity contribution >= 4 is 40.1 Å². The summed E-state index contributed by atoms with van der Waals surface area (Å²) >= 11 is 1.29. The Morgan fingerprint density at radius 2 is 2.33 bits per heavy atom. The highest BCUT2D eigenvalue weighted by molar-refractivity contribution is 7.10. The highest BCUT2D eigenvalue weighted by atomic mass is 32.1. The van der Waals surface area contributed by atoms with Crippen LogP contribution in [0.15, 0.2) is 24.9 Å². The Balaban J connectivity index is 1.75. The number of hydrogen-bond donors (Lipinski definition) is 3. The van der Waals surface area contributed by atoms with Crippen LogP contribution in [0.5, 0.6) is 0 Å². The Hall–Kier alpha value is -3.01. The maximum atomic E-state index is 11.9. The number of hydrogen-bond acceptors (Lipinski definition) is 8. The number of carbonyl (C=O) groups is 2. The molecule has 0 bridgehead atoms. The molecule has 9 nitrogen and oxygen atoms in total. The van der Waals surface area contributed by atoms with Crippen LogP contribution < -0.4 is 16.4 Å². The average Bonchev–Trinajstić information content (AvgIpc) is 3.28. The van der Waals surface area contributed by atoms with Crippen molar-refractivity contribution in [3.63, 3.8) is 0 Å². The smallest absolute Gasteiger partial charge is 0.254 e. The summed E-state index contributed by atoms with van der Waals surface area (Å²) in [6.45, 7) is 6.59. The molecule has 0 spiro atoms. The fourth-order valence-corrected chi connectivity index (χ4v) is 3.61. The predicted molar refractivity (Wildman–Crippen MR) is 104 cm³/mol. The van der Waals surface area contributed by atoms with Gasteiger partial charge in [-0.2, -0.15) is 9.36 Å². The van der Waals surface area contributed by atoms with Crippen LogP contribution in [0, 0.1) is 6.92 Å². The van der Waals surface area contributed by atoms with Gasteiger partial charge in [-0.15, -0.1) is 0 Å². The third-order valence-corrected chi connectivity index (χ3v) is 5.05. The van der Waals surface area contributed by atoms with E-state index in [2.05, 4.69) is 31.6 Å². The maximum absolute atomic E-state index is 11.9. The van der Waals surface area contributed by atoms with Crippen molar-refractivity contribution in [2.24, 2.45) is 5.73 Å². The molecule has 1 saturated heterocycles. The molecule has 2 amide bonds. The first-order valence-corrected chi connectivity index (χ1v) is 9.29. The summed E-state index contributed by atoms with van der Waals surface area (Å²) in [5.41, 5.74) is 6.52. The number of aryl methyl sites for hydroxylation is 1. The minimum absolute atomic E-state index is 0.00625. The zero-order valence-electron chi connectivity index (χ0n) is 14.9. The first-order valence-electron chi connectivity index (χ1n) is 8.52. The third-order valence-electron chi connectivity index (χ3n) is 4.26. The molecule has 1 fully saturated rings. The lowest BCUT2D eigenvalue weighted by molar-refractivity contribution is -0.126. The maximum Gasteiger partial charge on any atom is 0.254 e. The van der Waals surface area contributed by atoms with Gasteiger partial charge in [0, 0.05) is 25.3 Å². The second-order valence-electron chi connectivity index (χ2n) is 6.19. The van der Waals surface area contributed by atoms with E-state index in [1.165, 1.54) is 23.8 Å². The predicted octanol–water partition coefficient (Wildman–Crippen LogP) is 1.67. The summed E-state index contributed by atoms with van der Waals surface area (Å²) < 4.78 is 4.19. The van der Waals surface area contributed by atoms with Crippen LogP contribution in [0.3, 0.4) is 0 Å². The Morgan fingerprint density at radius 3 is 3.00 bits per heavy atom. The summed E-state index contributed by atoms with van der Waals surface area (Å²) in [7, 11) is 0. The zero-order chi connectivity index (χ0) is 19.4. The normalized spacial score (nSPS) is 16.2. The van der Waals surface area contributed by atoms with Crippen LogP contribution in [-0.2, 0) is 4.79 Å². The number of nitrogens with zero attached hydrogens (tertiary/aromatic N) is 4. The van der Waals surface area contributed by atoms with E-state index in [0.29, 0.717) is 24.9 Å². The summed E-state index contributed by atoms with van der Waals surface area (Å²) in [5.74, 6) is -0.0566. The SMILES string of the molecule is C=CC(=O)N1CCC[C@@H]1CNc1nc(Nc2cc(C)ns2)ncc1C(N)=O. The standard InChI is InChI=1S/C17H21N7O2S/c1-3-14(25)24-6-4-5-11(24)8-19-16-12(15(18)26)9-20-17(22-16)21-13-7-10(2)23-27-13/h3,7,9,11H,1,4-6,8H2,2H3,(H2,18,26)(H2,19,20,21,22)/t11-/m1/s1. The molecule has 0 aliphatic carbocycles. The monoisotopic (exact) mass is 387 g/mol. The minimum atomic E-state index is -0.622. The van der Waals surface area contributed by atoms with E-state index in [9.17, 15) is 9.59 Å². The molecule has 2 aromatic heterocycles. The van der Waals surface area contributed by atoms with Crippen molar-refractivity contribution in [1.82, 2.24) is 19.2 Å². The first-order chi connectivity index (χ1) is 13.0. The Bertz CT molecular complexity index is 867. The van der Waals surface area contributed by atoms with E-state index in [1.807, 2.05) is 13.0 Å². The van der Waals surface area contributed by atoms with E-state index in [-0.39, 0.29) is 17.5 Å². The van der Waals surface area contributed by atoms with Gasteiger partial charge in [0.2, 0.25) is 11.9 Å². The number of likely N-dealkylation sites (tertiary alicyclic amines) is 1. The molecule has 142 valence electrons. The minimum Gasteiger partial charge on any atom is -0.367 e. The van der Waals surface area contributed by atoms with E-state index in [4.69, 9.17) is 5.73 Å². The number of anilines is 3. The van der Waals surface area contributed by atoms with Crippen molar-refractivity contribution in [2.75, 3.05) is 23.7 Å². The average molecular weight is 387 g/mol. The lowest BCUT2D eigenvalue weighted by atomic mass is 10.2. The van der Waals surface area contributed by atoms with Crippen molar-refractivity contribution < 1.29 is 9.59 Å². The van der Waals surface area contributed by atoms with Gasteiger partial charge < -0.3 is 21.3 Å². The van der Waals surface area contributed by atoms with Gasteiger partial charge in [-0.25, -0.2) is 4.98 Å². The van der Waals surface area contributed by atoms with Gasteiger partial charge in [0.05, 0.1) is 11.3 Å². The molecule has 1 atom stereocenters. The van der Waals surface area contributed by atoms with Crippen LogP contribution in [0.4, 0.5) is 16.8 Å². The fraction of sp³-hybridized carbons (Fsp3) is 0.353. The third kappa shape index (κ3) is 4.40. The summed E-state index contributed by atoms with van der Waals surface area (Å²) in [6.07, 6.45) is 4.50. The topological polar surface area (TPSA) is 126 Å². The molecule has 1 aliphatic rings. The van der Waals surface area contributed by atoms with Gasteiger partial charge in [-0.1, -0.05) is 6.58 Å². The Kier molecular flexibility index (Phi) is 5.65. The lowest BCUT2D eigenvalue weighted by Gasteiger charge is -2.24. The molecular weight excluding hydrogens is 366 g/mol. The number of amides is 2. The number of rotatable bonds is 7. The number of carbonyl (C=O) groups excluding carboxylic acids is 2. The van der Waals surface area contributed by atoms with Crippen LogP contribution in [-0.4, -0.2) is 50.2 Å². The van der Waals surface area contributed by atoms with Gasteiger partial charge >= 0.3 is 0 Å². The molecule has 10 heteroatoms. The van der Waals surface area contributed by atoms with Crippen LogP contribution in [0.25, 0.3) is 0 Å². The van der Waals surface area contributed by atoms with Gasteiger partial charge in [-0.05, 0) is 43.4 Å². The number of aromatic nitrogens is 3. The second kappa shape index (κ2) is 8.12. The van der Waals surface area contributed by atoms with Gasteiger partial charge in [0.1, 0.15) is 10.8 Å². The summed E-state index contributed by atoms with van der Waals surface area (Å²) in [6, 6.07) is 1.88. The molecular formula is C17H21N7O2S. The lowest BCUT2D eigenvalue weighted by Crippen LogP contribution is -2.38. The van der Waals surface area contributed by atoms with E-state index >= 15 is 0 Å². The van der Waals surface area contributed by atoms with Crippen molar-refractivity contribution in [3.8, 4) is 0 Å². The molecule has 0 radical (unpaired) electrons. The van der Waals surface area contributed by atoms with Crippen LogP contribution in [0.2, 0.25) is 0 Å². The number of nitrogens with two attached hydrogens (primary N) is 1. The van der Waals surface area contributed by atoms with Crippen molar-refractivity contribution in [3.05, 3.63) is 36.2 Å². The molecule has 0 unspecified atom stereocenters. The number of primary amides is 1. The molecule has 27 heavy (non-hydrogen) atoms. The van der Waals surface area contributed by atoms with Gasteiger partial charge in [-0.3, -0.25) is 9.59 Å². The first kappa shape index (κ1) is 18.8. The highest BCUT2D eigenvalue weighted by Crippen LogP contribution is 2.22. The zero-order valence-corrected chi connectivity index (χ0v) is 15.8. The van der Waals surface area contributed by atoms with Crippen molar-refractivity contribution in [2.45, 2.75) is 25.8 Å². The van der Waals surface area contributed by atoms with Crippen molar-refractivity contribution in [1.29, 1.82) is 0 Å². The Morgan fingerprint density at radius 1 is 1.52 bits per heavy atom. The molecule has 3 heterocycles. The molecule has 3 rings (SSSR count). The number of nitrogens with one attached hydrogen (secondary N) is 2. The molecule has 2 aromatic rings. The molecule has 0 saturated carbocycles. The highest BCUT2D eigenvalue weighted by Gasteiger charge is 2.27. The molecule has 0 aromatic carbocycles. The molecule has 4 N–H and O–H groups in total. The van der Waals surface area contributed by atoms with E-state index < -0.39 is 5.91 Å². The van der Waals surface area contributed by atoms with E-state index in [1.54, 1.807) is 4.90 Å². The van der Waals surface area contributed by atoms with Gasteiger partial charge in [0.25, 0.3) is 5.91 Å². The van der Waals surface area contributed by atoms with Gasteiger partial charge in [0.15, 0.2) is 0 Å². The summed E-state index contributed by atoms with van der Waals surface area (Å²) in [4.78, 5) is 33.9.